The number of carbonyl (C=O) groups is 1. The number of nitrogens with one attached hydrogen (secondary N) is 1. The van der Waals surface area contributed by atoms with Crippen molar-refractivity contribution in [1.29, 1.82) is 0 Å². The van der Waals surface area contributed by atoms with Crippen LogP contribution in [0.1, 0.15) is 29.8 Å². The van der Waals surface area contributed by atoms with E-state index in [-0.39, 0.29) is 22.7 Å². The second-order valence-electron chi connectivity index (χ2n) is 5.96. The molecule has 28 heavy (non-hydrogen) atoms. The largest absolute Gasteiger partial charge is 0.466 e. The molecule has 0 saturated heterocycles. The van der Waals surface area contributed by atoms with E-state index in [1.54, 1.807) is 18.2 Å². The Bertz CT molecular complexity index is 969. The van der Waals surface area contributed by atoms with Gasteiger partial charge in [-0.1, -0.05) is 18.2 Å². The number of pyridine rings is 1. The van der Waals surface area contributed by atoms with Gasteiger partial charge in [0.2, 0.25) is 0 Å². The van der Waals surface area contributed by atoms with Gasteiger partial charge >= 0.3 is 12.1 Å². The minimum atomic E-state index is -4.88. The molecule has 146 valence electrons. The Kier molecular flexibility index (Phi) is 5.17. The molecule has 1 N–H and O–H groups in total. The van der Waals surface area contributed by atoms with E-state index < -0.39 is 29.6 Å². The standard InChI is InChI=1S/C19H15F4N3O2/c1-10-14(18(27)28-2)16(26-17(25-10)13-8-3-4-9-24-13)11-6-5-7-12(15(11)20)19(21,22)23/h3-9,16H,1-2H3,(H,25,26). The highest BCUT2D eigenvalue weighted by Gasteiger charge is 2.38. The molecule has 0 bridgehead atoms. The van der Waals surface area contributed by atoms with Gasteiger partial charge in [0.15, 0.2) is 5.84 Å². The van der Waals surface area contributed by atoms with Crippen LogP contribution in [0.25, 0.3) is 0 Å². The molecule has 1 unspecified atom stereocenters. The van der Waals surface area contributed by atoms with Crippen LogP contribution in [0, 0.1) is 5.82 Å². The Labute approximate surface area is 157 Å². The average molecular weight is 393 g/mol. The third-order valence-electron chi connectivity index (χ3n) is 4.18. The third kappa shape index (κ3) is 3.60. The zero-order valence-corrected chi connectivity index (χ0v) is 14.8. The van der Waals surface area contributed by atoms with E-state index in [9.17, 15) is 22.4 Å². The number of hydrogen-bond donors (Lipinski definition) is 1. The molecule has 5 nitrogen and oxygen atoms in total. The van der Waals surface area contributed by atoms with Gasteiger partial charge in [-0.15, -0.1) is 0 Å². The molecule has 2 aromatic rings. The summed E-state index contributed by atoms with van der Waals surface area (Å²) in [7, 11) is 1.13. The van der Waals surface area contributed by atoms with Crippen molar-refractivity contribution >= 4 is 11.8 Å². The topological polar surface area (TPSA) is 63.6 Å². The van der Waals surface area contributed by atoms with Crippen LogP contribution in [0.4, 0.5) is 17.6 Å². The molecule has 0 fully saturated rings. The summed E-state index contributed by atoms with van der Waals surface area (Å²) in [5.74, 6) is -2.11. The number of rotatable bonds is 3. The first-order chi connectivity index (χ1) is 13.2. The predicted molar refractivity (Wildman–Crippen MR) is 92.8 cm³/mol. The van der Waals surface area contributed by atoms with E-state index in [1.165, 1.54) is 13.1 Å². The summed E-state index contributed by atoms with van der Waals surface area (Å²) in [4.78, 5) is 20.7. The number of methoxy groups -OCH3 is 1. The first kappa shape index (κ1) is 19.5. The van der Waals surface area contributed by atoms with Crippen LogP contribution >= 0.6 is 0 Å². The van der Waals surface area contributed by atoms with E-state index in [4.69, 9.17) is 4.74 Å². The molecule has 1 atom stereocenters. The Morgan fingerprint density at radius 2 is 1.93 bits per heavy atom. The van der Waals surface area contributed by atoms with Gasteiger partial charge < -0.3 is 10.1 Å². The normalized spacial score (nSPS) is 17.1. The number of aliphatic imine (C=N–C) groups is 1. The van der Waals surface area contributed by atoms with Gasteiger partial charge in [0, 0.05) is 17.5 Å². The van der Waals surface area contributed by atoms with Crippen molar-refractivity contribution < 1.29 is 27.1 Å². The Morgan fingerprint density at radius 1 is 1.18 bits per heavy atom. The number of amidine groups is 1. The van der Waals surface area contributed by atoms with Gasteiger partial charge in [0.25, 0.3) is 0 Å². The molecule has 2 heterocycles. The molecule has 0 aliphatic carbocycles. The highest BCUT2D eigenvalue weighted by molar-refractivity contribution is 6.02. The number of alkyl halides is 3. The fourth-order valence-corrected chi connectivity index (χ4v) is 2.89. The molecule has 1 aromatic heterocycles. The van der Waals surface area contributed by atoms with Crippen molar-refractivity contribution in [3.05, 3.63) is 76.5 Å². The molecule has 1 aromatic carbocycles. The minimum Gasteiger partial charge on any atom is -0.466 e. The predicted octanol–water partition coefficient (Wildman–Crippen LogP) is 3.78. The minimum absolute atomic E-state index is 0.0830. The summed E-state index contributed by atoms with van der Waals surface area (Å²) < 4.78 is 58.9. The number of carbonyl (C=O) groups excluding carboxylic acids is 1. The molecule has 0 amide bonds. The number of allylic oxidation sites excluding steroid dienone is 1. The Morgan fingerprint density at radius 3 is 2.54 bits per heavy atom. The van der Waals surface area contributed by atoms with E-state index >= 15 is 0 Å². The van der Waals surface area contributed by atoms with Crippen LogP contribution < -0.4 is 5.32 Å². The Balaban J connectivity index is 2.20. The zero-order valence-electron chi connectivity index (χ0n) is 14.8. The fraction of sp³-hybridized carbons (Fsp3) is 0.211. The fourth-order valence-electron chi connectivity index (χ4n) is 2.89. The number of benzene rings is 1. The number of aromatic nitrogens is 1. The van der Waals surface area contributed by atoms with Crippen molar-refractivity contribution in [3.63, 3.8) is 0 Å². The summed E-state index contributed by atoms with van der Waals surface area (Å²) >= 11 is 0. The average Bonchev–Trinajstić information content (AvgIpc) is 2.66. The lowest BCUT2D eigenvalue weighted by Crippen LogP contribution is -2.33. The van der Waals surface area contributed by atoms with Crippen molar-refractivity contribution in [2.24, 2.45) is 4.99 Å². The van der Waals surface area contributed by atoms with Crippen LogP contribution in [0.15, 0.2) is 58.9 Å². The number of nitrogens with zero attached hydrogens (tertiary/aromatic N) is 2. The van der Waals surface area contributed by atoms with Gasteiger partial charge in [-0.25, -0.2) is 9.18 Å². The molecule has 9 heteroatoms. The maximum absolute atomic E-state index is 14.8. The number of hydrogen-bond acceptors (Lipinski definition) is 5. The Hall–Kier alpha value is -3.23. The van der Waals surface area contributed by atoms with Gasteiger partial charge in [-0.05, 0) is 25.1 Å². The summed E-state index contributed by atoms with van der Waals surface area (Å²) in [6, 6.07) is 6.55. The highest BCUT2D eigenvalue weighted by atomic mass is 19.4. The molecule has 0 saturated carbocycles. The summed E-state index contributed by atoms with van der Waals surface area (Å²) in [5.41, 5.74) is -1.22. The first-order valence-electron chi connectivity index (χ1n) is 8.15. The van der Waals surface area contributed by atoms with E-state index in [2.05, 4.69) is 15.3 Å². The lowest BCUT2D eigenvalue weighted by molar-refractivity contribution is -0.140. The number of halogens is 4. The molecular weight excluding hydrogens is 378 g/mol. The molecule has 1 aliphatic heterocycles. The van der Waals surface area contributed by atoms with Crippen LogP contribution in [-0.4, -0.2) is 23.9 Å². The SMILES string of the molecule is COC(=O)C1=C(C)NC(c2ccccn2)=NC1c1cccc(C(F)(F)F)c1F. The van der Waals surface area contributed by atoms with E-state index in [0.29, 0.717) is 11.8 Å². The molecular formula is C19H15F4N3O2. The third-order valence-corrected chi connectivity index (χ3v) is 4.18. The molecule has 0 radical (unpaired) electrons. The second kappa shape index (κ2) is 7.41. The van der Waals surface area contributed by atoms with E-state index in [1.807, 2.05) is 0 Å². The quantitative estimate of drug-likeness (QED) is 0.637. The molecule has 0 spiro atoms. The smallest absolute Gasteiger partial charge is 0.419 e. The maximum Gasteiger partial charge on any atom is 0.419 e. The van der Waals surface area contributed by atoms with Crippen molar-refractivity contribution in [2.75, 3.05) is 7.11 Å². The summed E-state index contributed by atoms with van der Waals surface area (Å²) in [5, 5.41) is 2.88. The van der Waals surface area contributed by atoms with Gasteiger partial charge in [0.05, 0.1) is 18.2 Å². The zero-order chi connectivity index (χ0) is 20.5. The maximum atomic E-state index is 14.8. The van der Waals surface area contributed by atoms with Crippen LogP contribution in [0.5, 0.6) is 0 Å². The summed E-state index contributed by atoms with van der Waals surface area (Å²) in [6.07, 6.45) is -3.38. The van der Waals surface area contributed by atoms with Gasteiger partial charge in [0.1, 0.15) is 17.6 Å². The first-order valence-corrected chi connectivity index (χ1v) is 8.15. The van der Waals surface area contributed by atoms with Crippen molar-refractivity contribution in [1.82, 2.24) is 10.3 Å². The van der Waals surface area contributed by atoms with Crippen molar-refractivity contribution in [2.45, 2.75) is 19.1 Å². The van der Waals surface area contributed by atoms with E-state index in [0.717, 1.165) is 19.2 Å². The van der Waals surface area contributed by atoms with Crippen LogP contribution in [0.2, 0.25) is 0 Å². The number of esters is 1. The second-order valence-corrected chi connectivity index (χ2v) is 5.96. The molecule has 3 rings (SSSR count). The van der Waals surface area contributed by atoms with Gasteiger partial charge in [-0.2, -0.15) is 13.2 Å². The van der Waals surface area contributed by atoms with Crippen molar-refractivity contribution in [3.8, 4) is 0 Å². The van der Waals surface area contributed by atoms with Crippen LogP contribution in [-0.2, 0) is 15.7 Å². The van der Waals surface area contributed by atoms with Crippen LogP contribution in [0.3, 0.4) is 0 Å². The molecule has 1 aliphatic rings. The number of ether oxygens (including phenoxy) is 1. The van der Waals surface area contributed by atoms with Gasteiger partial charge in [-0.3, -0.25) is 9.98 Å². The summed E-state index contributed by atoms with van der Waals surface area (Å²) in [6.45, 7) is 1.53. The highest BCUT2D eigenvalue weighted by Crippen LogP contribution is 2.38. The monoisotopic (exact) mass is 393 g/mol. The lowest BCUT2D eigenvalue weighted by Gasteiger charge is -2.26. The lowest BCUT2D eigenvalue weighted by atomic mass is 9.93.